The summed E-state index contributed by atoms with van der Waals surface area (Å²) in [6, 6.07) is -1.30. The average Bonchev–Trinajstić information content (AvgIpc) is 2.26. The minimum Gasteiger partial charge on any atom is -0.396 e. The van der Waals surface area contributed by atoms with Crippen LogP contribution in [0.2, 0.25) is 0 Å². The Labute approximate surface area is 102 Å². The van der Waals surface area contributed by atoms with E-state index in [0.29, 0.717) is 19.5 Å². The van der Waals surface area contributed by atoms with E-state index in [1.807, 2.05) is 20.8 Å². The highest BCUT2D eigenvalue weighted by atomic mass is 16.3. The minimum absolute atomic E-state index is 0.0295. The van der Waals surface area contributed by atoms with Crippen LogP contribution in [0.15, 0.2) is 0 Å². The summed E-state index contributed by atoms with van der Waals surface area (Å²) >= 11 is 0. The number of hydrogen-bond donors (Lipinski definition) is 3. The summed E-state index contributed by atoms with van der Waals surface area (Å²) in [4.78, 5) is 24.6. The van der Waals surface area contributed by atoms with Gasteiger partial charge in [0.25, 0.3) is 0 Å². The van der Waals surface area contributed by atoms with Crippen LogP contribution in [0.25, 0.3) is 0 Å². The fourth-order valence-corrected chi connectivity index (χ4v) is 1.55. The topological polar surface area (TPSA) is 95.7 Å². The van der Waals surface area contributed by atoms with Crippen LogP contribution in [0.1, 0.15) is 27.2 Å². The van der Waals surface area contributed by atoms with Gasteiger partial charge in [0.05, 0.1) is 0 Å². The van der Waals surface area contributed by atoms with Gasteiger partial charge in [0, 0.05) is 19.7 Å². The summed E-state index contributed by atoms with van der Waals surface area (Å²) in [6.45, 7) is 6.62. The van der Waals surface area contributed by atoms with Crippen LogP contribution in [0, 0.1) is 5.92 Å². The minimum atomic E-state index is -0.699. The molecule has 4 N–H and O–H groups in total. The van der Waals surface area contributed by atoms with Gasteiger partial charge in [-0.2, -0.15) is 0 Å². The van der Waals surface area contributed by atoms with Gasteiger partial charge in [-0.1, -0.05) is 13.8 Å². The van der Waals surface area contributed by atoms with Gasteiger partial charge in [0.15, 0.2) is 0 Å². The third-order valence-corrected chi connectivity index (χ3v) is 2.51. The standard InChI is InChI=1S/C11H23N3O3/c1-4-14(6-5-7-15)10(16)9(8(2)3)13-11(12)17/h8-9,15H,4-7H2,1-3H3,(H3,12,13,17). The lowest BCUT2D eigenvalue weighted by Crippen LogP contribution is -2.52. The van der Waals surface area contributed by atoms with Gasteiger partial charge in [-0.3, -0.25) is 4.79 Å². The van der Waals surface area contributed by atoms with Crippen molar-refractivity contribution in [1.82, 2.24) is 10.2 Å². The molecule has 3 amide bonds. The second kappa shape index (κ2) is 7.89. The van der Waals surface area contributed by atoms with Crippen molar-refractivity contribution in [2.24, 2.45) is 11.7 Å². The first kappa shape index (κ1) is 15.7. The quantitative estimate of drug-likeness (QED) is 0.585. The van der Waals surface area contributed by atoms with Crippen molar-refractivity contribution < 1.29 is 14.7 Å². The number of likely N-dealkylation sites (N-methyl/N-ethyl adjacent to an activating group) is 1. The van der Waals surface area contributed by atoms with E-state index < -0.39 is 12.1 Å². The molecule has 1 unspecified atom stereocenters. The maximum Gasteiger partial charge on any atom is 0.312 e. The summed E-state index contributed by atoms with van der Waals surface area (Å²) in [5.74, 6) is -0.187. The summed E-state index contributed by atoms with van der Waals surface area (Å²) < 4.78 is 0. The number of rotatable bonds is 7. The lowest BCUT2D eigenvalue weighted by molar-refractivity contribution is -0.134. The SMILES string of the molecule is CCN(CCCO)C(=O)C(NC(N)=O)C(C)C. The molecule has 0 aliphatic rings. The molecule has 0 saturated carbocycles. The van der Waals surface area contributed by atoms with E-state index in [4.69, 9.17) is 10.8 Å². The van der Waals surface area contributed by atoms with E-state index in [9.17, 15) is 9.59 Å². The Balaban J connectivity index is 4.60. The molecular formula is C11H23N3O3. The molecule has 0 spiro atoms. The average molecular weight is 245 g/mol. The number of aliphatic hydroxyl groups is 1. The van der Waals surface area contributed by atoms with Gasteiger partial charge < -0.3 is 21.1 Å². The Morgan fingerprint density at radius 3 is 2.35 bits per heavy atom. The van der Waals surface area contributed by atoms with Crippen LogP contribution < -0.4 is 11.1 Å². The summed E-state index contributed by atoms with van der Waals surface area (Å²) in [6.07, 6.45) is 0.529. The Morgan fingerprint density at radius 1 is 1.41 bits per heavy atom. The lowest BCUT2D eigenvalue weighted by Gasteiger charge is -2.28. The number of carbonyl (C=O) groups is 2. The molecule has 0 aliphatic heterocycles. The smallest absolute Gasteiger partial charge is 0.312 e. The zero-order chi connectivity index (χ0) is 13.4. The fourth-order valence-electron chi connectivity index (χ4n) is 1.55. The number of nitrogens with one attached hydrogen (secondary N) is 1. The number of amides is 3. The molecule has 0 bridgehead atoms. The second-order valence-electron chi connectivity index (χ2n) is 4.23. The molecule has 6 heteroatoms. The highest BCUT2D eigenvalue weighted by Gasteiger charge is 2.26. The molecule has 0 aromatic heterocycles. The normalized spacial score (nSPS) is 12.3. The highest BCUT2D eigenvalue weighted by Crippen LogP contribution is 2.06. The molecule has 17 heavy (non-hydrogen) atoms. The van der Waals surface area contributed by atoms with Gasteiger partial charge in [-0.05, 0) is 19.3 Å². The Bertz CT molecular complexity index is 256. The van der Waals surface area contributed by atoms with Crippen LogP contribution in [0.5, 0.6) is 0 Å². The molecule has 0 aromatic rings. The van der Waals surface area contributed by atoms with Gasteiger partial charge in [-0.15, -0.1) is 0 Å². The molecule has 6 nitrogen and oxygen atoms in total. The molecular weight excluding hydrogens is 222 g/mol. The third-order valence-electron chi connectivity index (χ3n) is 2.51. The van der Waals surface area contributed by atoms with E-state index in [1.165, 1.54) is 0 Å². The maximum absolute atomic E-state index is 12.1. The second-order valence-corrected chi connectivity index (χ2v) is 4.23. The fraction of sp³-hybridized carbons (Fsp3) is 0.818. The first-order chi connectivity index (χ1) is 7.93. The number of nitrogens with two attached hydrogens (primary N) is 1. The molecule has 0 rings (SSSR count). The van der Waals surface area contributed by atoms with Gasteiger partial charge >= 0.3 is 6.03 Å². The molecule has 0 fully saturated rings. The van der Waals surface area contributed by atoms with Crippen molar-refractivity contribution in [3.8, 4) is 0 Å². The van der Waals surface area contributed by atoms with E-state index in [2.05, 4.69) is 5.32 Å². The molecule has 0 heterocycles. The first-order valence-corrected chi connectivity index (χ1v) is 5.89. The van der Waals surface area contributed by atoms with E-state index in [1.54, 1.807) is 4.90 Å². The Hall–Kier alpha value is -1.30. The number of urea groups is 1. The number of nitrogens with zero attached hydrogens (tertiary/aromatic N) is 1. The van der Waals surface area contributed by atoms with E-state index in [0.717, 1.165) is 0 Å². The van der Waals surface area contributed by atoms with Crippen molar-refractivity contribution in [3.05, 3.63) is 0 Å². The largest absolute Gasteiger partial charge is 0.396 e. The molecule has 0 aromatic carbocycles. The van der Waals surface area contributed by atoms with Crippen molar-refractivity contribution >= 4 is 11.9 Å². The molecule has 0 radical (unpaired) electrons. The van der Waals surface area contributed by atoms with Crippen molar-refractivity contribution in [1.29, 1.82) is 0 Å². The summed E-state index contributed by atoms with van der Waals surface area (Å²) in [5.41, 5.74) is 5.05. The predicted octanol–water partition coefficient (Wildman–Crippen LogP) is -0.0898. The third kappa shape index (κ3) is 5.53. The molecule has 100 valence electrons. The van der Waals surface area contributed by atoms with Gasteiger partial charge in [-0.25, -0.2) is 4.79 Å². The zero-order valence-electron chi connectivity index (χ0n) is 10.8. The number of aliphatic hydroxyl groups excluding tert-OH is 1. The van der Waals surface area contributed by atoms with Gasteiger partial charge in [0.1, 0.15) is 6.04 Å². The van der Waals surface area contributed by atoms with Crippen LogP contribution >= 0.6 is 0 Å². The summed E-state index contributed by atoms with van der Waals surface area (Å²) in [5, 5.41) is 11.2. The number of hydrogen-bond acceptors (Lipinski definition) is 3. The van der Waals surface area contributed by atoms with E-state index >= 15 is 0 Å². The van der Waals surface area contributed by atoms with Crippen molar-refractivity contribution in [3.63, 3.8) is 0 Å². The van der Waals surface area contributed by atoms with Crippen LogP contribution in [0.4, 0.5) is 4.79 Å². The van der Waals surface area contributed by atoms with E-state index in [-0.39, 0.29) is 18.4 Å². The Morgan fingerprint density at radius 2 is 2.00 bits per heavy atom. The molecule has 1 atom stereocenters. The van der Waals surface area contributed by atoms with Crippen LogP contribution in [-0.2, 0) is 4.79 Å². The number of primary amides is 1. The van der Waals surface area contributed by atoms with Crippen molar-refractivity contribution in [2.45, 2.75) is 33.2 Å². The predicted molar refractivity (Wildman–Crippen MR) is 65.3 cm³/mol. The van der Waals surface area contributed by atoms with Crippen LogP contribution in [-0.4, -0.2) is 47.7 Å². The zero-order valence-corrected chi connectivity index (χ0v) is 10.8. The Kier molecular flexibility index (Phi) is 7.29. The van der Waals surface area contributed by atoms with Crippen LogP contribution in [0.3, 0.4) is 0 Å². The lowest BCUT2D eigenvalue weighted by atomic mass is 10.0. The van der Waals surface area contributed by atoms with Crippen molar-refractivity contribution in [2.75, 3.05) is 19.7 Å². The highest BCUT2D eigenvalue weighted by molar-refractivity contribution is 5.86. The maximum atomic E-state index is 12.1. The first-order valence-electron chi connectivity index (χ1n) is 5.89. The molecule has 0 aliphatic carbocycles. The number of carbonyl (C=O) groups excluding carboxylic acids is 2. The van der Waals surface area contributed by atoms with Gasteiger partial charge in [0.2, 0.25) is 5.91 Å². The molecule has 0 saturated heterocycles. The monoisotopic (exact) mass is 245 g/mol. The summed E-state index contributed by atoms with van der Waals surface area (Å²) in [7, 11) is 0.